The van der Waals surface area contributed by atoms with Gasteiger partial charge in [0.05, 0.1) is 11.2 Å². The van der Waals surface area contributed by atoms with Crippen LogP contribution in [0.15, 0.2) is 29.1 Å². The molecule has 0 spiro atoms. The molecule has 1 aromatic carbocycles. The van der Waals surface area contributed by atoms with Crippen LogP contribution in [0.2, 0.25) is 0 Å². The second kappa shape index (κ2) is 5.67. The highest BCUT2D eigenvalue weighted by molar-refractivity contribution is 7.07. The summed E-state index contributed by atoms with van der Waals surface area (Å²) < 4.78 is 19.0. The van der Waals surface area contributed by atoms with Gasteiger partial charge < -0.3 is 10.1 Å². The Morgan fingerprint density at radius 1 is 1.42 bits per heavy atom. The van der Waals surface area contributed by atoms with Crippen molar-refractivity contribution in [1.82, 2.24) is 10.3 Å². The van der Waals surface area contributed by atoms with Crippen LogP contribution in [-0.4, -0.2) is 11.0 Å². The summed E-state index contributed by atoms with van der Waals surface area (Å²) in [5.41, 5.74) is 3.54. The van der Waals surface area contributed by atoms with Crippen LogP contribution in [0.25, 0.3) is 0 Å². The van der Waals surface area contributed by atoms with Crippen molar-refractivity contribution < 1.29 is 9.13 Å². The third-order valence-electron chi connectivity index (χ3n) is 3.04. The summed E-state index contributed by atoms with van der Waals surface area (Å²) in [5.74, 6) is 0.496. The van der Waals surface area contributed by atoms with E-state index in [9.17, 15) is 4.39 Å². The van der Waals surface area contributed by atoms with Crippen LogP contribution in [0.1, 0.15) is 24.1 Å². The van der Waals surface area contributed by atoms with Crippen molar-refractivity contribution in [2.24, 2.45) is 0 Å². The second-order valence-corrected chi connectivity index (χ2v) is 5.39. The van der Waals surface area contributed by atoms with Gasteiger partial charge in [0, 0.05) is 23.5 Å². The average molecular weight is 278 g/mol. The minimum Gasteiger partial charge on any atom is -0.487 e. The van der Waals surface area contributed by atoms with Gasteiger partial charge in [-0.25, -0.2) is 9.37 Å². The van der Waals surface area contributed by atoms with Gasteiger partial charge in [0.1, 0.15) is 18.2 Å². The Kier molecular flexibility index (Phi) is 3.75. The van der Waals surface area contributed by atoms with E-state index in [1.165, 1.54) is 25.0 Å². The van der Waals surface area contributed by atoms with Gasteiger partial charge in [-0.3, -0.25) is 0 Å². The predicted octanol–water partition coefficient (Wildman–Crippen LogP) is 3.11. The van der Waals surface area contributed by atoms with Crippen molar-refractivity contribution in [3.8, 4) is 5.75 Å². The van der Waals surface area contributed by atoms with Gasteiger partial charge in [0.15, 0.2) is 0 Å². The molecule has 1 aliphatic carbocycles. The molecule has 19 heavy (non-hydrogen) atoms. The minimum atomic E-state index is -0.228. The fourth-order valence-electron chi connectivity index (χ4n) is 1.83. The summed E-state index contributed by atoms with van der Waals surface area (Å²) >= 11 is 1.54. The van der Waals surface area contributed by atoms with Crippen LogP contribution < -0.4 is 10.1 Å². The molecule has 0 unspecified atom stereocenters. The Balaban J connectivity index is 1.67. The van der Waals surface area contributed by atoms with E-state index in [1.54, 1.807) is 22.9 Å². The monoisotopic (exact) mass is 278 g/mol. The number of nitrogens with zero attached hydrogens (tertiary/aromatic N) is 1. The Labute approximate surface area is 115 Å². The Bertz CT molecular complexity index is 540. The second-order valence-electron chi connectivity index (χ2n) is 4.68. The van der Waals surface area contributed by atoms with E-state index in [1.807, 2.05) is 5.38 Å². The van der Waals surface area contributed by atoms with Crippen LogP contribution in [0.4, 0.5) is 4.39 Å². The molecule has 1 aliphatic rings. The molecule has 0 aliphatic heterocycles. The number of halogens is 1. The van der Waals surface area contributed by atoms with Crippen molar-refractivity contribution in [1.29, 1.82) is 0 Å². The highest BCUT2D eigenvalue weighted by atomic mass is 32.1. The number of rotatable bonds is 6. The molecule has 0 atom stereocenters. The van der Waals surface area contributed by atoms with Crippen LogP contribution >= 0.6 is 11.3 Å². The summed E-state index contributed by atoms with van der Waals surface area (Å²) in [6.07, 6.45) is 2.43. The van der Waals surface area contributed by atoms with Crippen LogP contribution in [0.3, 0.4) is 0 Å². The molecule has 1 aromatic heterocycles. The van der Waals surface area contributed by atoms with Gasteiger partial charge in [-0.2, -0.15) is 0 Å². The summed E-state index contributed by atoms with van der Waals surface area (Å²) in [5, 5.41) is 5.32. The third-order valence-corrected chi connectivity index (χ3v) is 3.68. The summed E-state index contributed by atoms with van der Waals surface area (Å²) in [4.78, 5) is 4.17. The molecule has 1 heterocycles. The van der Waals surface area contributed by atoms with Crippen LogP contribution in [-0.2, 0) is 13.2 Å². The van der Waals surface area contributed by atoms with Crippen molar-refractivity contribution in [2.75, 3.05) is 0 Å². The first-order valence-electron chi connectivity index (χ1n) is 6.33. The maximum absolute atomic E-state index is 13.3. The number of ether oxygens (including phenoxy) is 1. The standard InChI is InChI=1S/C14H15FN2OS/c15-11-1-4-14(18-7-13-8-19-9-17-13)10(5-11)6-16-12-2-3-12/h1,4-5,8-9,12,16H,2-3,6-7H2. The van der Waals surface area contributed by atoms with E-state index < -0.39 is 0 Å². The molecule has 1 fully saturated rings. The van der Waals surface area contributed by atoms with Gasteiger partial charge >= 0.3 is 0 Å². The lowest BCUT2D eigenvalue weighted by molar-refractivity contribution is 0.297. The van der Waals surface area contributed by atoms with Crippen molar-refractivity contribution in [3.63, 3.8) is 0 Å². The average Bonchev–Trinajstić information content (AvgIpc) is 3.10. The van der Waals surface area contributed by atoms with E-state index >= 15 is 0 Å². The van der Waals surface area contributed by atoms with Crippen LogP contribution in [0.5, 0.6) is 5.75 Å². The van der Waals surface area contributed by atoms with E-state index in [-0.39, 0.29) is 5.82 Å². The predicted molar refractivity (Wildman–Crippen MR) is 72.7 cm³/mol. The van der Waals surface area contributed by atoms with Gasteiger partial charge in [0.2, 0.25) is 0 Å². The lowest BCUT2D eigenvalue weighted by atomic mass is 10.2. The summed E-state index contributed by atoms with van der Waals surface area (Å²) in [6.45, 7) is 1.07. The van der Waals surface area contributed by atoms with E-state index in [4.69, 9.17) is 4.74 Å². The van der Waals surface area contributed by atoms with Gasteiger partial charge in [0.25, 0.3) is 0 Å². The highest BCUT2D eigenvalue weighted by Gasteiger charge is 2.20. The van der Waals surface area contributed by atoms with Crippen molar-refractivity contribution in [2.45, 2.75) is 32.0 Å². The largest absolute Gasteiger partial charge is 0.487 e. The topological polar surface area (TPSA) is 34.1 Å². The fraction of sp³-hybridized carbons (Fsp3) is 0.357. The smallest absolute Gasteiger partial charge is 0.131 e. The van der Waals surface area contributed by atoms with E-state index in [0.717, 1.165) is 17.0 Å². The molecule has 0 bridgehead atoms. The molecule has 100 valence electrons. The molecular formula is C14H15FN2OS. The Hall–Kier alpha value is -1.46. The highest BCUT2D eigenvalue weighted by Crippen LogP contribution is 2.24. The lowest BCUT2D eigenvalue weighted by Gasteiger charge is -2.11. The molecule has 5 heteroatoms. The quantitative estimate of drug-likeness (QED) is 0.881. The molecule has 3 rings (SSSR count). The van der Waals surface area contributed by atoms with Crippen molar-refractivity contribution >= 4 is 11.3 Å². The first kappa shape index (κ1) is 12.6. The number of aromatic nitrogens is 1. The van der Waals surface area contributed by atoms with E-state index in [0.29, 0.717) is 19.2 Å². The van der Waals surface area contributed by atoms with Crippen molar-refractivity contribution in [3.05, 3.63) is 46.2 Å². The molecule has 0 radical (unpaired) electrons. The number of benzene rings is 1. The SMILES string of the molecule is Fc1ccc(OCc2cscn2)c(CNC2CC2)c1. The molecule has 3 nitrogen and oxygen atoms in total. The van der Waals surface area contributed by atoms with Gasteiger partial charge in [-0.1, -0.05) is 0 Å². The Morgan fingerprint density at radius 2 is 2.32 bits per heavy atom. The summed E-state index contributed by atoms with van der Waals surface area (Å²) in [7, 11) is 0. The molecule has 0 saturated heterocycles. The first-order valence-corrected chi connectivity index (χ1v) is 7.27. The normalized spacial score (nSPS) is 14.6. The molecule has 0 amide bonds. The maximum atomic E-state index is 13.3. The molecule has 2 aromatic rings. The number of hydrogen-bond acceptors (Lipinski definition) is 4. The fourth-order valence-corrected chi connectivity index (χ4v) is 2.37. The van der Waals surface area contributed by atoms with Crippen LogP contribution in [0, 0.1) is 5.82 Å². The Morgan fingerprint density at radius 3 is 3.05 bits per heavy atom. The lowest BCUT2D eigenvalue weighted by Crippen LogP contribution is -2.16. The maximum Gasteiger partial charge on any atom is 0.131 e. The zero-order valence-corrected chi connectivity index (χ0v) is 11.3. The molecule has 1 N–H and O–H groups in total. The zero-order valence-electron chi connectivity index (χ0n) is 10.4. The van der Waals surface area contributed by atoms with Gasteiger partial charge in [-0.05, 0) is 31.0 Å². The third kappa shape index (κ3) is 3.52. The van der Waals surface area contributed by atoms with Gasteiger partial charge in [-0.15, -0.1) is 11.3 Å². The van der Waals surface area contributed by atoms with E-state index in [2.05, 4.69) is 10.3 Å². The summed E-state index contributed by atoms with van der Waals surface area (Å²) in [6, 6.07) is 5.24. The molecular weight excluding hydrogens is 263 g/mol. The zero-order chi connectivity index (χ0) is 13.1. The minimum absolute atomic E-state index is 0.228. The first-order chi connectivity index (χ1) is 9.31. The molecule has 1 saturated carbocycles. The number of hydrogen-bond donors (Lipinski definition) is 1. The number of nitrogens with one attached hydrogen (secondary N) is 1. The number of thiazole rings is 1.